The number of anilines is 1. The van der Waals surface area contributed by atoms with Crippen LogP contribution in [0.4, 0.5) is 10.5 Å². The Morgan fingerprint density at radius 2 is 2.05 bits per heavy atom. The number of halogens is 1. The van der Waals surface area contributed by atoms with Gasteiger partial charge in [0.1, 0.15) is 0 Å². The summed E-state index contributed by atoms with van der Waals surface area (Å²) in [5.41, 5.74) is 0.965. The van der Waals surface area contributed by atoms with Crippen LogP contribution in [-0.4, -0.2) is 35.2 Å². The molecule has 20 heavy (non-hydrogen) atoms. The molecule has 0 radical (unpaired) electrons. The maximum Gasteiger partial charge on any atom is 0.321 e. The smallest absolute Gasteiger partial charge is 0.321 e. The lowest BCUT2D eigenvalue weighted by molar-refractivity contribution is 0.0550. The topological polar surface area (TPSA) is 52.6 Å². The van der Waals surface area contributed by atoms with Crippen molar-refractivity contribution >= 4 is 27.6 Å². The van der Waals surface area contributed by atoms with Crippen molar-refractivity contribution in [2.75, 3.05) is 18.9 Å². The summed E-state index contributed by atoms with van der Waals surface area (Å²) in [6, 6.07) is 5.57. The van der Waals surface area contributed by atoms with Gasteiger partial charge in [-0.05, 0) is 43.5 Å². The van der Waals surface area contributed by atoms with Gasteiger partial charge in [0, 0.05) is 17.2 Å². The Hall–Kier alpha value is -1.07. The van der Waals surface area contributed by atoms with E-state index >= 15 is 0 Å². The van der Waals surface area contributed by atoms with Gasteiger partial charge in [0.15, 0.2) is 0 Å². The first-order valence-corrected chi connectivity index (χ1v) is 7.43. The van der Waals surface area contributed by atoms with E-state index in [-0.39, 0.29) is 12.6 Å². The lowest BCUT2D eigenvalue weighted by atomic mass is 10.0. The Balaban J connectivity index is 2.85. The number of hydrogen-bond acceptors (Lipinski definition) is 2. The van der Waals surface area contributed by atoms with E-state index < -0.39 is 5.60 Å². The van der Waals surface area contributed by atoms with Gasteiger partial charge in [0.05, 0.1) is 12.1 Å². The van der Waals surface area contributed by atoms with Gasteiger partial charge in [-0.1, -0.05) is 29.8 Å². The summed E-state index contributed by atoms with van der Waals surface area (Å²) in [7, 11) is 1.67. The number of rotatable bonds is 4. The van der Waals surface area contributed by atoms with Crippen LogP contribution in [0.2, 0.25) is 0 Å². The molecule has 0 saturated heterocycles. The highest BCUT2D eigenvalue weighted by Crippen LogP contribution is 2.27. The molecule has 0 aromatic heterocycles. The lowest BCUT2D eigenvalue weighted by Crippen LogP contribution is -2.41. The zero-order valence-electron chi connectivity index (χ0n) is 12.7. The molecule has 0 aliphatic carbocycles. The van der Waals surface area contributed by atoms with Crippen molar-refractivity contribution < 1.29 is 9.90 Å². The number of hydrogen-bond donors (Lipinski definition) is 2. The van der Waals surface area contributed by atoms with Gasteiger partial charge in [-0.15, -0.1) is 0 Å². The van der Waals surface area contributed by atoms with Crippen molar-refractivity contribution in [3.05, 3.63) is 28.2 Å². The maximum atomic E-state index is 12.1. The van der Waals surface area contributed by atoms with E-state index in [1.165, 1.54) is 4.90 Å². The quantitative estimate of drug-likeness (QED) is 0.874. The normalized spacial score (nSPS) is 11.6. The minimum absolute atomic E-state index is 0.226. The van der Waals surface area contributed by atoms with Gasteiger partial charge < -0.3 is 15.3 Å². The SMILES string of the molecule is CC(C)c1cc(Br)ccc1NC(=O)N(C)CC(C)(C)O. The third-order valence-corrected chi connectivity index (χ3v) is 3.34. The van der Waals surface area contributed by atoms with Gasteiger partial charge in [-0.2, -0.15) is 0 Å². The van der Waals surface area contributed by atoms with Crippen LogP contribution in [0.15, 0.2) is 22.7 Å². The number of likely N-dealkylation sites (N-methyl/N-ethyl adjacent to an activating group) is 1. The number of carbonyl (C=O) groups is 1. The van der Waals surface area contributed by atoms with Crippen LogP contribution in [0, 0.1) is 0 Å². The van der Waals surface area contributed by atoms with Crippen LogP contribution in [0.1, 0.15) is 39.2 Å². The molecule has 0 saturated carbocycles. The molecule has 0 bridgehead atoms. The fraction of sp³-hybridized carbons (Fsp3) is 0.533. The average molecular weight is 343 g/mol. The Morgan fingerprint density at radius 3 is 2.55 bits per heavy atom. The summed E-state index contributed by atoms with van der Waals surface area (Å²) in [5.74, 6) is 0.308. The Labute approximate surface area is 129 Å². The highest BCUT2D eigenvalue weighted by atomic mass is 79.9. The molecule has 0 heterocycles. The van der Waals surface area contributed by atoms with E-state index in [0.29, 0.717) is 5.92 Å². The minimum atomic E-state index is -0.910. The van der Waals surface area contributed by atoms with E-state index in [0.717, 1.165) is 15.7 Å². The third kappa shape index (κ3) is 5.13. The zero-order chi connectivity index (χ0) is 15.5. The molecule has 0 unspecified atom stereocenters. The number of aliphatic hydroxyl groups is 1. The molecule has 1 aromatic rings. The van der Waals surface area contributed by atoms with Crippen LogP contribution < -0.4 is 5.32 Å². The fourth-order valence-corrected chi connectivity index (χ4v) is 2.37. The third-order valence-electron chi connectivity index (χ3n) is 2.85. The highest BCUT2D eigenvalue weighted by Gasteiger charge is 2.20. The maximum absolute atomic E-state index is 12.1. The van der Waals surface area contributed by atoms with Crippen molar-refractivity contribution in [2.45, 2.75) is 39.2 Å². The molecule has 0 aliphatic heterocycles. The van der Waals surface area contributed by atoms with Crippen LogP contribution >= 0.6 is 15.9 Å². The Morgan fingerprint density at radius 1 is 1.45 bits per heavy atom. The largest absolute Gasteiger partial charge is 0.389 e. The highest BCUT2D eigenvalue weighted by molar-refractivity contribution is 9.10. The van der Waals surface area contributed by atoms with Crippen LogP contribution in [0.5, 0.6) is 0 Å². The summed E-state index contributed by atoms with van der Waals surface area (Å²) in [6.45, 7) is 7.79. The van der Waals surface area contributed by atoms with E-state index in [1.54, 1.807) is 20.9 Å². The number of nitrogens with one attached hydrogen (secondary N) is 1. The van der Waals surface area contributed by atoms with E-state index in [1.807, 2.05) is 18.2 Å². The fourth-order valence-electron chi connectivity index (χ4n) is 1.99. The van der Waals surface area contributed by atoms with Crippen molar-refractivity contribution in [1.82, 2.24) is 4.90 Å². The first-order valence-electron chi connectivity index (χ1n) is 6.64. The molecule has 4 nitrogen and oxygen atoms in total. The van der Waals surface area contributed by atoms with E-state index in [2.05, 4.69) is 35.1 Å². The predicted molar refractivity (Wildman–Crippen MR) is 86.2 cm³/mol. The second-order valence-corrected chi connectivity index (χ2v) is 6.90. The molecular formula is C15H23BrN2O2. The van der Waals surface area contributed by atoms with Crippen molar-refractivity contribution in [3.8, 4) is 0 Å². The van der Waals surface area contributed by atoms with Gasteiger partial charge in [-0.3, -0.25) is 0 Å². The number of urea groups is 1. The molecule has 112 valence electrons. The summed E-state index contributed by atoms with van der Waals surface area (Å²) >= 11 is 3.44. The monoisotopic (exact) mass is 342 g/mol. The van der Waals surface area contributed by atoms with Crippen molar-refractivity contribution in [2.24, 2.45) is 0 Å². The molecule has 1 rings (SSSR count). The molecule has 5 heteroatoms. The van der Waals surface area contributed by atoms with Gasteiger partial charge in [-0.25, -0.2) is 4.79 Å². The first-order chi connectivity index (χ1) is 9.10. The lowest BCUT2D eigenvalue weighted by Gasteiger charge is -2.26. The Kier molecular flexibility index (Phi) is 5.59. The number of nitrogens with zero attached hydrogens (tertiary/aromatic N) is 1. The first kappa shape index (κ1) is 17.0. The number of amides is 2. The number of benzene rings is 1. The summed E-state index contributed by atoms with van der Waals surface area (Å²) in [5, 5.41) is 12.7. The standard InChI is InChI=1S/C15H23BrN2O2/c1-10(2)12-8-11(16)6-7-13(12)17-14(19)18(5)9-15(3,4)20/h6-8,10,20H,9H2,1-5H3,(H,17,19). The van der Waals surface area contributed by atoms with Crippen LogP contribution in [0.25, 0.3) is 0 Å². The van der Waals surface area contributed by atoms with Gasteiger partial charge in [0.2, 0.25) is 0 Å². The summed E-state index contributed by atoms with van der Waals surface area (Å²) in [6.07, 6.45) is 0. The number of carbonyl (C=O) groups excluding carboxylic acids is 1. The molecule has 0 fully saturated rings. The molecular weight excluding hydrogens is 320 g/mol. The van der Waals surface area contributed by atoms with Gasteiger partial charge >= 0.3 is 6.03 Å². The second kappa shape index (κ2) is 6.59. The molecule has 0 atom stereocenters. The Bertz CT molecular complexity index is 481. The molecule has 2 N–H and O–H groups in total. The van der Waals surface area contributed by atoms with Crippen LogP contribution in [-0.2, 0) is 0 Å². The minimum Gasteiger partial charge on any atom is -0.389 e. The van der Waals surface area contributed by atoms with Gasteiger partial charge in [0.25, 0.3) is 0 Å². The van der Waals surface area contributed by atoms with Crippen molar-refractivity contribution in [3.63, 3.8) is 0 Å². The summed E-state index contributed by atoms with van der Waals surface area (Å²) < 4.78 is 0.990. The summed E-state index contributed by atoms with van der Waals surface area (Å²) in [4.78, 5) is 13.6. The van der Waals surface area contributed by atoms with Crippen molar-refractivity contribution in [1.29, 1.82) is 0 Å². The average Bonchev–Trinajstić information content (AvgIpc) is 2.28. The molecule has 1 aromatic carbocycles. The predicted octanol–water partition coefficient (Wildman–Crippen LogP) is 3.81. The molecule has 2 amide bonds. The molecule has 0 spiro atoms. The zero-order valence-corrected chi connectivity index (χ0v) is 14.3. The molecule has 0 aliphatic rings. The second-order valence-electron chi connectivity index (χ2n) is 5.98. The van der Waals surface area contributed by atoms with E-state index in [9.17, 15) is 9.90 Å². The van der Waals surface area contributed by atoms with Crippen LogP contribution in [0.3, 0.4) is 0 Å². The van der Waals surface area contributed by atoms with E-state index in [4.69, 9.17) is 0 Å².